The largest absolute Gasteiger partial charge is 0.384 e. The van der Waals surface area contributed by atoms with E-state index >= 15 is 0 Å². The maximum atomic E-state index is 10.9. The van der Waals surface area contributed by atoms with Gasteiger partial charge >= 0.3 is 0 Å². The number of anilines is 1. The minimum Gasteiger partial charge on any atom is -0.384 e. The number of rotatable bonds is 6. The van der Waals surface area contributed by atoms with Crippen molar-refractivity contribution in [3.63, 3.8) is 0 Å². The molecule has 1 aromatic rings. The first-order chi connectivity index (χ1) is 9.04. The highest BCUT2D eigenvalue weighted by Crippen LogP contribution is 2.32. The molecule has 3 N–H and O–H groups in total. The molecule has 19 heavy (non-hydrogen) atoms. The third-order valence-electron chi connectivity index (χ3n) is 2.48. The number of hydrogen-bond acceptors (Lipinski definition) is 3. The first-order valence-corrected chi connectivity index (χ1v) is 7.02. The van der Waals surface area contributed by atoms with Gasteiger partial charge in [-0.1, -0.05) is 36.0 Å². The number of hydrogen-bond donors (Lipinski definition) is 2. The molecule has 0 fully saturated rings. The van der Waals surface area contributed by atoms with Crippen molar-refractivity contribution in [3.8, 4) is 0 Å². The van der Waals surface area contributed by atoms with Crippen molar-refractivity contribution in [3.05, 3.63) is 46.9 Å². The van der Waals surface area contributed by atoms with E-state index in [0.29, 0.717) is 5.57 Å². The predicted octanol–water partition coefficient (Wildman–Crippen LogP) is 3.55. The zero-order valence-corrected chi connectivity index (χ0v) is 12.4. The topological polar surface area (TPSA) is 55.1 Å². The van der Waals surface area contributed by atoms with Crippen LogP contribution < -0.4 is 11.1 Å². The molecule has 0 saturated carbocycles. The number of benzene rings is 1. The summed E-state index contributed by atoms with van der Waals surface area (Å²) >= 11 is 1.67. The van der Waals surface area contributed by atoms with Crippen molar-refractivity contribution in [2.75, 3.05) is 11.9 Å². The molecule has 0 aromatic heterocycles. The number of amides is 1. The van der Waals surface area contributed by atoms with Crippen molar-refractivity contribution >= 4 is 23.4 Å². The molecule has 0 aliphatic carbocycles. The summed E-state index contributed by atoms with van der Waals surface area (Å²) in [5.41, 5.74) is 6.86. The molecule has 0 bridgehead atoms. The predicted molar refractivity (Wildman–Crippen MR) is 83.2 cm³/mol. The Hall–Kier alpha value is -1.68. The van der Waals surface area contributed by atoms with Crippen LogP contribution in [0.2, 0.25) is 0 Å². The van der Waals surface area contributed by atoms with Crippen LogP contribution in [0.3, 0.4) is 0 Å². The molecule has 0 aliphatic rings. The normalized spacial score (nSPS) is 12.4. The lowest BCUT2D eigenvalue weighted by molar-refractivity contribution is -0.114. The van der Waals surface area contributed by atoms with E-state index in [1.165, 1.54) is 4.90 Å². The van der Waals surface area contributed by atoms with Gasteiger partial charge in [-0.15, -0.1) is 0 Å². The fourth-order valence-electron chi connectivity index (χ4n) is 1.42. The third kappa shape index (κ3) is 5.22. The summed E-state index contributed by atoms with van der Waals surface area (Å²) in [6.45, 7) is 6.69. The molecule has 0 heterocycles. The van der Waals surface area contributed by atoms with Gasteiger partial charge in [-0.25, -0.2) is 0 Å². The van der Waals surface area contributed by atoms with E-state index in [-0.39, 0.29) is 5.91 Å². The van der Waals surface area contributed by atoms with Gasteiger partial charge in [0.25, 0.3) is 0 Å². The molecule has 1 amide bonds. The Bertz CT molecular complexity index is 507. The first kappa shape index (κ1) is 15.4. The van der Waals surface area contributed by atoms with Crippen LogP contribution in [0.5, 0.6) is 0 Å². The minimum absolute atomic E-state index is 0.387. The summed E-state index contributed by atoms with van der Waals surface area (Å²) in [5, 5.41) is 3.33. The second-order valence-corrected chi connectivity index (χ2v) is 5.41. The van der Waals surface area contributed by atoms with Crippen LogP contribution in [0, 0.1) is 0 Å². The Kier molecular flexibility index (Phi) is 6.22. The average molecular weight is 276 g/mol. The van der Waals surface area contributed by atoms with E-state index in [0.717, 1.165) is 17.1 Å². The van der Waals surface area contributed by atoms with Crippen LogP contribution in [-0.2, 0) is 4.79 Å². The Morgan fingerprint density at radius 2 is 2.00 bits per heavy atom. The summed E-state index contributed by atoms with van der Waals surface area (Å²) in [7, 11) is 0. The fourth-order valence-corrected chi connectivity index (χ4v) is 2.30. The molecule has 0 atom stereocenters. The molecular formula is C15H20N2OS. The lowest BCUT2D eigenvalue weighted by atomic mass is 10.2. The van der Waals surface area contributed by atoms with Crippen LogP contribution >= 0.6 is 11.8 Å². The Morgan fingerprint density at radius 3 is 2.63 bits per heavy atom. The summed E-state index contributed by atoms with van der Waals surface area (Å²) in [6, 6.07) is 8.16. The zero-order valence-electron chi connectivity index (χ0n) is 11.6. The molecule has 0 aliphatic heterocycles. The van der Waals surface area contributed by atoms with Gasteiger partial charge in [0, 0.05) is 22.7 Å². The Morgan fingerprint density at radius 1 is 1.32 bits per heavy atom. The highest BCUT2D eigenvalue weighted by molar-refractivity contribution is 8.03. The van der Waals surface area contributed by atoms with Crippen molar-refractivity contribution < 1.29 is 4.79 Å². The molecule has 102 valence electrons. The Balaban J connectivity index is 2.82. The fraction of sp³-hybridized carbons (Fsp3) is 0.267. The summed E-state index contributed by atoms with van der Waals surface area (Å²) in [5.74, 6) is -0.387. The highest BCUT2D eigenvalue weighted by Gasteiger charge is 2.02. The lowest BCUT2D eigenvalue weighted by Crippen LogP contribution is -2.11. The van der Waals surface area contributed by atoms with Crippen molar-refractivity contribution in [1.82, 2.24) is 0 Å². The number of primary amides is 1. The maximum absolute atomic E-state index is 10.9. The number of thioether (sulfide) groups is 1. The van der Waals surface area contributed by atoms with E-state index in [1.807, 2.05) is 25.1 Å². The standard InChI is InChI=1S/C15H20N2OS/c1-4-17-13-7-5-6-8-14(13)19-12(3)10-9-11(2)15(16)18/h5-10,17H,4H2,1-3H3,(H2,16,18). The number of nitrogens with two attached hydrogens (primary N) is 1. The SMILES string of the molecule is CCNc1ccccc1SC(C)=CC=C(C)C(N)=O. The van der Waals surface area contributed by atoms with Gasteiger partial charge in [0.1, 0.15) is 0 Å². The van der Waals surface area contributed by atoms with Gasteiger partial charge in [0.05, 0.1) is 0 Å². The van der Waals surface area contributed by atoms with E-state index < -0.39 is 0 Å². The molecule has 4 heteroatoms. The second-order valence-electron chi connectivity index (χ2n) is 4.12. The zero-order chi connectivity index (χ0) is 14.3. The van der Waals surface area contributed by atoms with Gasteiger partial charge in [-0.3, -0.25) is 4.79 Å². The van der Waals surface area contributed by atoms with Gasteiger partial charge < -0.3 is 11.1 Å². The molecule has 0 radical (unpaired) electrons. The van der Waals surface area contributed by atoms with Gasteiger partial charge in [-0.05, 0) is 37.8 Å². The van der Waals surface area contributed by atoms with E-state index in [1.54, 1.807) is 24.8 Å². The van der Waals surface area contributed by atoms with Crippen LogP contribution in [0.1, 0.15) is 20.8 Å². The molecule has 3 nitrogen and oxygen atoms in total. The number of carbonyl (C=O) groups excluding carboxylic acids is 1. The van der Waals surface area contributed by atoms with Gasteiger partial charge in [0.2, 0.25) is 5.91 Å². The molecule has 1 rings (SSSR count). The Labute approximate surface area is 119 Å². The summed E-state index contributed by atoms with van der Waals surface area (Å²) in [4.78, 5) is 13.2. The summed E-state index contributed by atoms with van der Waals surface area (Å²) in [6.07, 6.45) is 3.66. The van der Waals surface area contributed by atoms with Crippen LogP contribution in [0.4, 0.5) is 5.69 Å². The van der Waals surface area contributed by atoms with Crippen molar-refractivity contribution in [2.45, 2.75) is 25.7 Å². The molecule has 0 unspecified atom stereocenters. The minimum atomic E-state index is -0.387. The molecule has 0 saturated heterocycles. The second kappa shape index (κ2) is 7.69. The number of para-hydroxylation sites is 1. The smallest absolute Gasteiger partial charge is 0.244 e. The van der Waals surface area contributed by atoms with Crippen molar-refractivity contribution in [1.29, 1.82) is 0 Å². The monoisotopic (exact) mass is 276 g/mol. The maximum Gasteiger partial charge on any atom is 0.244 e. The van der Waals surface area contributed by atoms with Gasteiger partial charge in [0.15, 0.2) is 0 Å². The summed E-state index contributed by atoms with van der Waals surface area (Å²) < 4.78 is 0. The van der Waals surface area contributed by atoms with E-state index in [2.05, 4.69) is 24.4 Å². The number of nitrogens with one attached hydrogen (secondary N) is 1. The highest BCUT2D eigenvalue weighted by atomic mass is 32.2. The number of allylic oxidation sites excluding steroid dienone is 3. The molecule has 0 spiro atoms. The molecule has 1 aromatic carbocycles. The quantitative estimate of drug-likeness (QED) is 0.474. The van der Waals surface area contributed by atoms with E-state index in [4.69, 9.17) is 5.73 Å². The average Bonchev–Trinajstić information content (AvgIpc) is 2.38. The number of carbonyl (C=O) groups is 1. The van der Waals surface area contributed by atoms with Gasteiger partial charge in [-0.2, -0.15) is 0 Å². The third-order valence-corrected chi connectivity index (χ3v) is 3.52. The lowest BCUT2D eigenvalue weighted by Gasteiger charge is -2.09. The van der Waals surface area contributed by atoms with E-state index in [9.17, 15) is 4.79 Å². The van der Waals surface area contributed by atoms with Crippen molar-refractivity contribution in [2.24, 2.45) is 5.73 Å². The van der Waals surface area contributed by atoms with Crippen LogP contribution in [0.25, 0.3) is 0 Å². The molecular weight excluding hydrogens is 256 g/mol. The first-order valence-electron chi connectivity index (χ1n) is 6.20. The van der Waals surface area contributed by atoms with Crippen LogP contribution in [0.15, 0.2) is 51.8 Å². The van der Waals surface area contributed by atoms with Crippen LogP contribution in [-0.4, -0.2) is 12.5 Å².